The van der Waals surface area contributed by atoms with Crippen molar-refractivity contribution >= 4 is 0 Å². The molecule has 0 saturated heterocycles. The van der Waals surface area contributed by atoms with Gasteiger partial charge in [0.1, 0.15) is 5.75 Å². The van der Waals surface area contributed by atoms with Gasteiger partial charge >= 0.3 is 0 Å². The van der Waals surface area contributed by atoms with Crippen molar-refractivity contribution in [1.29, 1.82) is 0 Å². The van der Waals surface area contributed by atoms with Gasteiger partial charge in [0.2, 0.25) is 0 Å². The van der Waals surface area contributed by atoms with E-state index in [1.165, 1.54) is 37.7 Å². The van der Waals surface area contributed by atoms with Crippen LogP contribution in [-0.4, -0.2) is 32.1 Å². The summed E-state index contributed by atoms with van der Waals surface area (Å²) in [6.07, 6.45) is 6.95. The van der Waals surface area contributed by atoms with Crippen molar-refractivity contribution < 1.29 is 4.74 Å². The third kappa shape index (κ3) is 3.97. The van der Waals surface area contributed by atoms with Crippen LogP contribution in [-0.2, 0) is 0 Å². The first kappa shape index (κ1) is 15.3. The molecule has 112 valence electrons. The van der Waals surface area contributed by atoms with Crippen molar-refractivity contribution in [3.63, 3.8) is 0 Å². The predicted molar refractivity (Wildman–Crippen MR) is 84.0 cm³/mol. The summed E-state index contributed by atoms with van der Waals surface area (Å²) in [5.41, 5.74) is 7.27. The number of benzene rings is 1. The van der Waals surface area contributed by atoms with Crippen LogP contribution < -0.4 is 10.5 Å². The van der Waals surface area contributed by atoms with Crippen LogP contribution in [0.1, 0.15) is 43.7 Å². The molecule has 1 unspecified atom stereocenters. The number of nitrogens with two attached hydrogens (primary N) is 1. The fourth-order valence-corrected chi connectivity index (χ4v) is 3.32. The fourth-order valence-electron chi connectivity index (χ4n) is 3.32. The van der Waals surface area contributed by atoms with Gasteiger partial charge in [-0.05, 0) is 43.5 Å². The molecule has 2 N–H and O–H groups in total. The summed E-state index contributed by atoms with van der Waals surface area (Å²) in [5, 5.41) is 0. The van der Waals surface area contributed by atoms with Gasteiger partial charge in [-0.1, -0.05) is 31.4 Å². The van der Waals surface area contributed by atoms with E-state index in [0.29, 0.717) is 6.54 Å². The van der Waals surface area contributed by atoms with Crippen LogP contribution in [0.4, 0.5) is 0 Å². The molecule has 0 spiro atoms. The molecule has 0 heterocycles. The predicted octanol–water partition coefficient (Wildman–Crippen LogP) is 3.21. The molecule has 1 fully saturated rings. The van der Waals surface area contributed by atoms with E-state index < -0.39 is 0 Å². The smallest absolute Gasteiger partial charge is 0.119 e. The van der Waals surface area contributed by atoms with Crippen molar-refractivity contribution in [1.82, 2.24) is 4.90 Å². The number of methoxy groups -OCH3 is 1. The van der Waals surface area contributed by atoms with Gasteiger partial charge in [-0.15, -0.1) is 0 Å². The zero-order valence-corrected chi connectivity index (χ0v) is 12.8. The van der Waals surface area contributed by atoms with Gasteiger partial charge in [0.25, 0.3) is 0 Å². The molecule has 0 amide bonds. The molecule has 1 atom stereocenters. The third-order valence-corrected chi connectivity index (χ3v) is 4.50. The van der Waals surface area contributed by atoms with Gasteiger partial charge in [0.15, 0.2) is 0 Å². The lowest BCUT2D eigenvalue weighted by atomic mass is 9.88. The summed E-state index contributed by atoms with van der Waals surface area (Å²) in [6.45, 7) is 1.80. The molecule has 20 heavy (non-hydrogen) atoms. The Kier molecular flexibility index (Phi) is 5.86. The largest absolute Gasteiger partial charge is 0.497 e. The standard InChI is InChI=1S/C17H28N2O/c1-19(13-14-7-4-3-5-8-14)17(12-18)15-9-6-10-16(11-15)20-2/h6,9-11,14,17H,3-5,7-8,12-13,18H2,1-2H3. The van der Waals surface area contributed by atoms with Crippen LogP contribution in [0.25, 0.3) is 0 Å². The quantitative estimate of drug-likeness (QED) is 0.867. The van der Waals surface area contributed by atoms with Gasteiger partial charge in [0.05, 0.1) is 7.11 Å². The molecule has 1 aromatic carbocycles. The second-order valence-electron chi connectivity index (χ2n) is 5.97. The zero-order valence-electron chi connectivity index (χ0n) is 12.8. The molecule has 3 nitrogen and oxygen atoms in total. The highest BCUT2D eigenvalue weighted by Crippen LogP contribution is 2.28. The lowest BCUT2D eigenvalue weighted by Crippen LogP contribution is -2.34. The summed E-state index contributed by atoms with van der Waals surface area (Å²) in [5.74, 6) is 1.75. The van der Waals surface area contributed by atoms with Crippen molar-refractivity contribution in [2.45, 2.75) is 38.1 Å². The Bertz CT molecular complexity index is 402. The van der Waals surface area contributed by atoms with Crippen LogP contribution in [0.2, 0.25) is 0 Å². The normalized spacial score (nSPS) is 18.2. The maximum absolute atomic E-state index is 6.02. The minimum Gasteiger partial charge on any atom is -0.497 e. The summed E-state index contributed by atoms with van der Waals surface area (Å²) < 4.78 is 5.32. The van der Waals surface area contributed by atoms with Crippen LogP contribution >= 0.6 is 0 Å². The number of ether oxygens (including phenoxy) is 1. The monoisotopic (exact) mass is 276 g/mol. The molecule has 0 aliphatic heterocycles. The van der Waals surface area contributed by atoms with E-state index >= 15 is 0 Å². The maximum atomic E-state index is 6.02. The molecular weight excluding hydrogens is 248 g/mol. The van der Waals surface area contributed by atoms with Crippen LogP contribution in [0.3, 0.4) is 0 Å². The molecule has 0 bridgehead atoms. The van der Waals surface area contributed by atoms with Gasteiger partial charge in [0, 0.05) is 19.1 Å². The molecular formula is C17H28N2O. The Morgan fingerprint density at radius 1 is 1.30 bits per heavy atom. The fraction of sp³-hybridized carbons (Fsp3) is 0.647. The molecule has 0 aromatic heterocycles. The highest BCUT2D eigenvalue weighted by atomic mass is 16.5. The Labute approximate surface area is 123 Å². The van der Waals surface area contributed by atoms with Crippen LogP contribution in [0.15, 0.2) is 24.3 Å². The number of hydrogen-bond acceptors (Lipinski definition) is 3. The summed E-state index contributed by atoms with van der Waals surface area (Å²) >= 11 is 0. The molecule has 1 aliphatic rings. The molecule has 0 radical (unpaired) electrons. The van der Waals surface area contributed by atoms with Crippen LogP contribution in [0, 0.1) is 5.92 Å². The second kappa shape index (κ2) is 7.65. The number of rotatable bonds is 6. The third-order valence-electron chi connectivity index (χ3n) is 4.50. The van der Waals surface area contributed by atoms with E-state index in [2.05, 4.69) is 24.1 Å². The Morgan fingerprint density at radius 3 is 2.70 bits per heavy atom. The Hall–Kier alpha value is -1.06. The Balaban J connectivity index is 2.01. The second-order valence-corrected chi connectivity index (χ2v) is 5.97. The first-order valence-electron chi connectivity index (χ1n) is 7.79. The first-order chi connectivity index (χ1) is 9.74. The molecule has 2 rings (SSSR count). The minimum absolute atomic E-state index is 0.284. The van der Waals surface area contributed by atoms with Crippen molar-refractivity contribution in [3.05, 3.63) is 29.8 Å². The summed E-state index contributed by atoms with van der Waals surface area (Å²) in [4.78, 5) is 2.42. The van der Waals surface area contributed by atoms with E-state index in [4.69, 9.17) is 10.5 Å². The van der Waals surface area contributed by atoms with Gasteiger partial charge < -0.3 is 10.5 Å². The van der Waals surface area contributed by atoms with Gasteiger partial charge in [-0.3, -0.25) is 4.90 Å². The highest BCUT2D eigenvalue weighted by molar-refractivity contribution is 5.30. The van der Waals surface area contributed by atoms with Crippen molar-refractivity contribution in [3.8, 4) is 5.75 Å². The SMILES string of the molecule is COc1cccc(C(CN)N(C)CC2CCCCC2)c1. The lowest BCUT2D eigenvalue weighted by molar-refractivity contribution is 0.185. The van der Waals surface area contributed by atoms with Crippen molar-refractivity contribution in [2.75, 3.05) is 27.2 Å². The maximum Gasteiger partial charge on any atom is 0.119 e. The van der Waals surface area contributed by atoms with E-state index in [9.17, 15) is 0 Å². The van der Waals surface area contributed by atoms with Crippen LogP contribution in [0.5, 0.6) is 5.75 Å². The number of likely N-dealkylation sites (N-methyl/N-ethyl adjacent to an activating group) is 1. The van der Waals surface area contributed by atoms with E-state index in [1.54, 1.807) is 7.11 Å². The number of nitrogens with zero attached hydrogens (tertiary/aromatic N) is 1. The summed E-state index contributed by atoms with van der Waals surface area (Å²) in [7, 11) is 3.91. The van der Waals surface area contributed by atoms with Gasteiger partial charge in [-0.2, -0.15) is 0 Å². The van der Waals surface area contributed by atoms with E-state index in [-0.39, 0.29) is 6.04 Å². The topological polar surface area (TPSA) is 38.5 Å². The van der Waals surface area contributed by atoms with E-state index in [1.807, 2.05) is 12.1 Å². The Morgan fingerprint density at radius 2 is 2.05 bits per heavy atom. The van der Waals surface area contributed by atoms with Crippen molar-refractivity contribution in [2.24, 2.45) is 11.7 Å². The minimum atomic E-state index is 0.284. The molecule has 1 aliphatic carbocycles. The summed E-state index contributed by atoms with van der Waals surface area (Å²) in [6, 6.07) is 8.57. The highest BCUT2D eigenvalue weighted by Gasteiger charge is 2.21. The lowest BCUT2D eigenvalue weighted by Gasteiger charge is -2.32. The molecule has 3 heteroatoms. The average molecular weight is 276 g/mol. The molecule has 1 aromatic rings. The average Bonchev–Trinajstić information content (AvgIpc) is 2.49. The van der Waals surface area contributed by atoms with Gasteiger partial charge in [-0.25, -0.2) is 0 Å². The zero-order chi connectivity index (χ0) is 14.4. The van der Waals surface area contributed by atoms with E-state index in [0.717, 1.165) is 18.2 Å². The number of hydrogen-bond donors (Lipinski definition) is 1. The molecule has 1 saturated carbocycles. The first-order valence-corrected chi connectivity index (χ1v) is 7.79.